The molecule has 1 atom stereocenters. The normalized spacial score (nSPS) is 25.9. The quantitative estimate of drug-likeness (QED) is 0.813. The molecule has 0 aromatic heterocycles. The molecule has 0 saturated carbocycles. The number of fused-ring (bicyclic) bond motifs is 2. The summed E-state index contributed by atoms with van der Waals surface area (Å²) in [6, 6.07) is 4.04. The van der Waals surface area contributed by atoms with Crippen molar-refractivity contribution in [2.45, 2.75) is 44.9 Å². The van der Waals surface area contributed by atoms with E-state index in [9.17, 15) is 5.11 Å². The van der Waals surface area contributed by atoms with Crippen molar-refractivity contribution in [3.63, 3.8) is 0 Å². The summed E-state index contributed by atoms with van der Waals surface area (Å²) in [5.41, 5.74) is 1.27. The topological polar surface area (TPSA) is 53.7 Å². The molecular formula is C17H25N2O3+. The Balaban J connectivity index is 2.18. The molecule has 0 amide bonds. The van der Waals surface area contributed by atoms with Gasteiger partial charge < -0.3 is 14.6 Å². The second kappa shape index (κ2) is 4.88. The zero-order valence-electron chi connectivity index (χ0n) is 14.0. The molecule has 0 saturated heterocycles. The predicted octanol–water partition coefficient (Wildman–Crippen LogP) is 1.50. The standard InChI is InChI=1S/C17H24N2O3/c1-16(2)10-17(3,20)19-7-6-11-8-13(21-4)14(22-5)9-12(11)15(19)18-16/h8-9,20H,6-7,10H2,1-5H3/p+1/t17-/m1/s1. The van der Waals surface area contributed by atoms with Crippen molar-refractivity contribution in [1.29, 1.82) is 0 Å². The molecule has 5 nitrogen and oxygen atoms in total. The van der Waals surface area contributed by atoms with Gasteiger partial charge in [0.1, 0.15) is 5.54 Å². The van der Waals surface area contributed by atoms with Crippen molar-refractivity contribution >= 4 is 5.84 Å². The number of rotatable bonds is 2. The van der Waals surface area contributed by atoms with Gasteiger partial charge in [0, 0.05) is 13.3 Å². The Kier molecular flexibility index (Phi) is 3.36. The Labute approximate surface area is 131 Å². The van der Waals surface area contributed by atoms with E-state index in [1.54, 1.807) is 14.2 Å². The van der Waals surface area contributed by atoms with Crippen LogP contribution < -0.4 is 14.8 Å². The van der Waals surface area contributed by atoms with Crippen LogP contribution in [0.15, 0.2) is 12.1 Å². The molecule has 1 aromatic carbocycles. The van der Waals surface area contributed by atoms with Gasteiger partial charge in [-0.1, -0.05) is 0 Å². The maximum atomic E-state index is 10.9. The van der Waals surface area contributed by atoms with Crippen molar-refractivity contribution < 1.29 is 19.2 Å². The van der Waals surface area contributed by atoms with Crippen LogP contribution in [0.2, 0.25) is 0 Å². The van der Waals surface area contributed by atoms with Crippen LogP contribution in [0.1, 0.15) is 38.3 Å². The van der Waals surface area contributed by atoms with E-state index in [0.29, 0.717) is 12.2 Å². The Hall–Kier alpha value is -1.75. The Bertz CT molecular complexity index is 648. The summed E-state index contributed by atoms with van der Waals surface area (Å²) in [6.07, 6.45) is 1.55. The third kappa shape index (κ3) is 2.33. The van der Waals surface area contributed by atoms with Crippen molar-refractivity contribution in [1.82, 2.24) is 5.32 Å². The molecule has 0 fully saturated rings. The number of nitrogens with zero attached hydrogens (tertiary/aromatic N) is 1. The highest BCUT2D eigenvalue weighted by atomic mass is 16.5. The van der Waals surface area contributed by atoms with Gasteiger partial charge >= 0.3 is 0 Å². The number of hydrogen-bond donors (Lipinski definition) is 2. The summed E-state index contributed by atoms with van der Waals surface area (Å²) in [7, 11) is 3.29. The fourth-order valence-corrected chi connectivity index (χ4v) is 3.75. The molecule has 0 spiro atoms. The van der Waals surface area contributed by atoms with Gasteiger partial charge in [-0.05, 0) is 31.5 Å². The lowest BCUT2D eigenvalue weighted by Gasteiger charge is -2.40. The number of methoxy groups -OCH3 is 2. The molecule has 0 aliphatic carbocycles. The fourth-order valence-electron chi connectivity index (χ4n) is 3.75. The fraction of sp³-hybridized carbons (Fsp3) is 0.588. The third-order valence-corrected chi connectivity index (χ3v) is 4.55. The number of amidine groups is 1. The van der Waals surface area contributed by atoms with Crippen molar-refractivity contribution in [2.24, 2.45) is 0 Å². The lowest BCUT2D eigenvalue weighted by atomic mass is 9.87. The molecule has 0 unspecified atom stereocenters. The minimum atomic E-state index is -0.852. The highest BCUT2D eigenvalue weighted by Crippen LogP contribution is 2.35. The Morgan fingerprint density at radius 3 is 2.41 bits per heavy atom. The minimum Gasteiger partial charge on any atom is -0.493 e. The van der Waals surface area contributed by atoms with Gasteiger partial charge in [-0.15, -0.1) is 0 Å². The number of hydrogen-bond acceptors (Lipinski definition) is 4. The summed E-state index contributed by atoms with van der Waals surface area (Å²) < 4.78 is 12.9. The third-order valence-electron chi connectivity index (χ3n) is 4.55. The first-order valence-electron chi connectivity index (χ1n) is 7.68. The first kappa shape index (κ1) is 15.2. The molecular weight excluding hydrogens is 280 g/mol. The van der Waals surface area contributed by atoms with Gasteiger partial charge in [0.2, 0.25) is 5.72 Å². The first-order valence-corrected chi connectivity index (χ1v) is 7.68. The van der Waals surface area contributed by atoms with Gasteiger partial charge in [0.15, 0.2) is 11.5 Å². The average molecular weight is 305 g/mol. The smallest absolute Gasteiger partial charge is 0.280 e. The minimum absolute atomic E-state index is 0.170. The maximum Gasteiger partial charge on any atom is 0.280 e. The largest absolute Gasteiger partial charge is 0.493 e. The number of aliphatic hydroxyl groups is 1. The summed E-state index contributed by atoms with van der Waals surface area (Å²) in [5.74, 6) is 2.43. The summed E-state index contributed by atoms with van der Waals surface area (Å²) in [4.78, 5) is 0. The molecule has 120 valence electrons. The summed E-state index contributed by atoms with van der Waals surface area (Å²) >= 11 is 0. The van der Waals surface area contributed by atoms with Crippen molar-refractivity contribution in [3.8, 4) is 11.5 Å². The molecule has 1 aromatic rings. The van der Waals surface area contributed by atoms with E-state index in [1.807, 2.05) is 19.1 Å². The molecule has 3 rings (SSSR count). The number of ether oxygens (including phenoxy) is 2. The SMILES string of the molecule is COc1cc2c(cc1OC)C1=[N+](CC2)[C@](C)(O)CC(C)(C)N1. The van der Waals surface area contributed by atoms with Crippen LogP contribution in [0, 0.1) is 0 Å². The van der Waals surface area contributed by atoms with E-state index in [2.05, 4.69) is 23.7 Å². The zero-order chi connectivity index (χ0) is 16.1. The lowest BCUT2D eigenvalue weighted by molar-refractivity contribution is -0.663. The van der Waals surface area contributed by atoms with E-state index < -0.39 is 5.72 Å². The molecule has 2 aliphatic rings. The predicted molar refractivity (Wildman–Crippen MR) is 84.9 cm³/mol. The van der Waals surface area contributed by atoms with Crippen LogP contribution in [0.4, 0.5) is 0 Å². The number of benzene rings is 1. The van der Waals surface area contributed by atoms with E-state index in [0.717, 1.165) is 30.1 Å². The maximum absolute atomic E-state index is 10.9. The van der Waals surface area contributed by atoms with E-state index in [4.69, 9.17) is 9.47 Å². The van der Waals surface area contributed by atoms with E-state index in [1.165, 1.54) is 5.56 Å². The molecule has 2 heterocycles. The van der Waals surface area contributed by atoms with E-state index >= 15 is 0 Å². The molecule has 5 heteroatoms. The zero-order valence-corrected chi connectivity index (χ0v) is 14.0. The van der Waals surface area contributed by atoms with Gasteiger partial charge in [0.05, 0.1) is 32.7 Å². The van der Waals surface area contributed by atoms with Crippen molar-refractivity contribution in [2.75, 3.05) is 20.8 Å². The monoisotopic (exact) mass is 305 g/mol. The van der Waals surface area contributed by atoms with Gasteiger partial charge in [-0.3, -0.25) is 5.32 Å². The average Bonchev–Trinajstić information content (AvgIpc) is 2.43. The molecule has 0 bridgehead atoms. The van der Waals surface area contributed by atoms with Crippen LogP contribution in [-0.2, 0) is 6.42 Å². The Morgan fingerprint density at radius 1 is 1.14 bits per heavy atom. The first-order chi connectivity index (χ1) is 10.3. The molecule has 0 radical (unpaired) electrons. The van der Waals surface area contributed by atoms with Gasteiger partial charge in [0.25, 0.3) is 5.84 Å². The molecule has 2 N–H and O–H groups in total. The second-order valence-electron chi connectivity index (χ2n) is 7.02. The van der Waals surface area contributed by atoms with Crippen LogP contribution in [0.3, 0.4) is 0 Å². The number of nitrogens with one attached hydrogen (secondary N) is 1. The summed E-state index contributed by atoms with van der Waals surface area (Å²) in [6.45, 7) is 6.90. The summed E-state index contributed by atoms with van der Waals surface area (Å²) in [5, 5.41) is 14.4. The van der Waals surface area contributed by atoms with Crippen LogP contribution in [0.5, 0.6) is 11.5 Å². The van der Waals surface area contributed by atoms with Gasteiger partial charge in [-0.2, -0.15) is 0 Å². The van der Waals surface area contributed by atoms with Crippen LogP contribution >= 0.6 is 0 Å². The van der Waals surface area contributed by atoms with Crippen LogP contribution in [0.25, 0.3) is 0 Å². The lowest BCUT2D eigenvalue weighted by Crippen LogP contribution is -2.63. The Morgan fingerprint density at radius 2 is 1.77 bits per heavy atom. The molecule has 2 aliphatic heterocycles. The second-order valence-corrected chi connectivity index (χ2v) is 7.02. The van der Waals surface area contributed by atoms with Crippen molar-refractivity contribution in [3.05, 3.63) is 23.3 Å². The van der Waals surface area contributed by atoms with E-state index in [-0.39, 0.29) is 5.54 Å². The highest BCUT2D eigenvalue weighted by Gasteiger charge is 2.48. The van der Waals surface area contributed by atoms with Crippen LogP contribution in [-0.4, -0.2) is 47.5 Å². The highest BCUT2D eigenvalue weighted by molar-refractivity contribution is 5.98. The van der Waals surface area contributed by atoms with Gasteiger partial charge in [-0.25, -0.2) is 4.58 Å². The molecule has 22 heavy (non-hydrogen) atoms.